The molecule has 0 saturated heterocycles. The third-order valence-corrected chi connectivity index (χ3v) is 6.05. The summed E-state index contributed by atoms with van der Waals surface area (Å²) in [7, 11) is 0. The molecule has 2 heterocycles. The van der Waals surface area contributed by atoms with E-state index in [-0.39, 0.29) is 11.8 Å². The maximum absolute atomic E-state index is 12.4. The Hall–Kier alpha value is -4.98. The summed E-state index contributed by atoms with van der Waals surface area (Å²) in [4.78, 5) is 33.6. The Morgan fingerprint density at radius 1 is 0.525 bits per heavy atom. The molecule has 0 bridgehead atoms. The molecule has 2 aromatic heterocycles. The van der Waals surface area contributed by atoms with Crippen LogP contribution in [-0.4, -0.2) is 33.2 Å². The minimum absolute atomic E-state index is 0.153. The third-order valence-electron chi connectivity index (χ3n) is 6.05. The van der Waals surface area contributed by atoms with Gasteiger partial charge in [-0.1, -0.05) is 85.6 Å². The van der Waals surface area contributed by atoms with Gasteiger partial charge in [0.25, 0.3) is 0 Å². The van der Waals surface area contributed by atoms with Crippen molar-refractivity contribution in [2.24, 2.45) is 10.2 Å². The van der Waals surface area contributed by atoms with Gasteiger partial charge < -0.3 is 0 Å². The Bertz CT molecular complexity index is 1220. The molecule has 0 radical (unpaired) electrons. The second-order valence-electron chi connectivity index (χ2n) is 9.07. The van der Waals surface area contributed by atoms with Gasteiger partial charge >= 0.3 is 0 Å². The van der Waals surface area contributed by atoms with E-state index in [1.165, 1.54) is 0 Å². The zero-order valence-corrected chi connectivity index (χ0v) is 22.2. The van der Waals surface area contributed by atoms with Crippen molar-refractivity contribution in [3.8, 4) is 0 Å². The molecule has 40 heavy (non-hydrogen) atoms. The largest absolute Gasteiger partial charge is 0.273 e. The van der Waals surface area contributed by atoms with Crippen LogP contribution in [0.1, 0.15) is 61.0 Å². The molecule has 0 atom stereocenters. The van der Waals surface area contributed by atoms with Crippen LogP contribution in [0, 0.1) is 0 Å². The van der Waals surface area contributed by atoms with Gasteiger partial charge in [-0.2, -0.15) is 10.2 Å². The van der Waals surface area contributed by atoms with Gasteiger partial charge in [0, 0.05) is 36.4 Å². The van der Waals surface area contributed by atoms with Crippen LogP contribution in [0.4, 0.5) is 0 Å². The molecule has 0 fully saturated rings. The van der Waals surface area contributed by atoms with E-state index in [1.807, 2.05) is 97.1 Å². The van der Waals surface area contributed by atoms with Crippen molar-refractivity contribution in [1.29, 1.82) is 0 Å². The Morgan fingerprint density at radius 2 is 0.925 bits per heavy atom. The smallest absolute Gasteiger partial charge is 0.240 e. The topological polar surface area (TPSA) is 109 Å². The second kappa shape index (κ2) is 15.4. The summed E-state index contributed by atoms with van der Waals surface area (Å²) < 4.78 is 0. The van der Waals surface area contributed by atoms with E-state index in [0.717, 1.165) is 24.0 Å². The van der Waals surface area contributed by atoms with Crippen LogP contribution < -0.4 is 10.9 Å². The molecule has 8 heteroatoms. The third kappa shape index (κ3) is 8.80. The van der Waals surface area contributed by atoms with Gasteiger partial charge in [0.1, 0.15) is 11.4 Å². The number of carbonyl (C=O) groups is 2. The Morgan fingerprint density at radius 3 is 1.30 bits per heavy atom. The van der Waals surface area contributed by atoms with Crippen molar-refractivity contribution in [1.82, 2.24) is 20.8 Å². The molecule has 0 aliphatic rings. The number of hydrogen-bond donors (Lipinski definition) is 2. The number of nitrogens with zero attached hydrogens (tertiary/aromatic N) is 4. The van der Waals surface area contributed by atoms with E-state index in [4.69, 9.17) is 0 Å². The van der Waals surface area contributed by atoms with E-state index in [9.17, 15) is 9.59 Å². The number of nitrogens with one attached hydrogen (secondary N) is 2. The van der Waals surface area contributed by atoms with E-state index >= 15 is 0 Å². The highest BCUT2D eigenvalue weighted by atomic mass is 16.2. The average Bonchev–Trinajstić information content (AvgIpc) is 3.01. The molecule has 2 N–H and O–H groups in total. The molecule has 4 rings (SSSR count). The Kier molecular flexibility index (Phi) is 10.8. The predicted octanol–water partition coefficient (Wildman–Crippen LogP) is 5.25. The average molecular weight is 533 g/mol. The zero-order chi connectivity index (χ0) is 27.8. The highest BCUT2D eigenvalue weighted by Crippen LogP contribution is 2.10. The molecule has 0 aliphatic carbocycles. The summed E-state index contributed by atoms with van der Waals surface area (Å²) in [6.45, 7) is 0. The van der Waals surface area contributed by atoms with Gasteiger partial charge in [-0.05, 0) is 37.1 Å². The summed E-state index contributed by atoms with van der Waals surface area (Å²) in [5.74, 6) is -0.307. The normalized spacial score (nSPS) is 11.6. The first-order chi connectivity index (χ1) is 19.7. The fourth-order valence-electron chi connectivity index (χ4n) is 4.01. The lowest BCUT2D eigenvalue weighted by molar-refractivity contribution is -0.122. The molecule has 202 valence electrons. The fraction of sp³-hybridized carbons (Fsp3) is 0.188. The molecule has 8 nitrogen and oxygen atoms in total. The molecule has 0 aliphatic heterocycles. The first-order valence-corrected chi connectivity index (χ1v) is 13.4. The van der Waals surface area contributed by atoms with Gasteiger partial charge in [0.15, 0.2) is 0 Å². The number of hydrogen-bond acceptors (Lipinski definition) is 6. The number of rotatable bonds is 13. The molecule has 0 spiro atoms. The maximum Gasteiger partial charge on any atom is 0.240 e. The molecular weight excluding hydrogens is 500 g/mol. The molecule has 4 aromatic rings. The highest BCUT2D eigenvalue weighted by Gasteiger charge is 2.11. The van der Waals surface area contributed by atoms with Crippen LogP contribution in [0.15, 0.2) is 120 Å². The number of hydrazone groups is 2. The van der Waals surface area contributed by atoms with E-state index in [0.29, 0.717) is 48.5 Å². The lowest BCUT2D eigenvalue weighted by atomic mass is 10.1. The van der Waals surface area contributed by atoms with Crippen molar-refractivity contribution in [2.75, 3.05) is 0 Å². The summed E-state index contributed by atoms with van der Waals surface area (Å²) in [5, 5.41) is 8.73. The number of unbranched alkanes of at least 4 members (excludes halogenated alkanes) is 3. The summed E-state index contributed by atoms with van der Waals surface area (Å²) in [6, 6.07) is 30.5. The first kappa shape index (κ1) is 28.0. The minimum Gasteiger partial charge on any atom is -0.273 e. The molecule has 0 unspecified atom stereocenters. The monoisotopic (exact) mass is 532 g/mol. The van der Waals surface area contributed by atoms with Gasteiger partial charge in [0.05, 0.1) is 11.4 Å². The van der Waals surface area contributed by atoms with Gasteiger partial charge in [-0.15, -0.1) is 0 Å². The maximum atomic E-state index is 12.4. The summed E-state index contributed by atoms with van der Waals surface area (Å²) in [5.41, 5.74) is 9.69. The number of amides is 2. The van der Waals surface area contributed by atoms with Crippen LogP contribution >= 0.6 is 0 Å². The summed E-state index contributed by atoms with van der Waals surface area (Å²) >= 11 is 0. The molecule has 0 saturated carbocycles. The Balaban J connectivity index is 1.19. The van der Waals surface area contributed by atoms with E-state index < -0.39 is 0 Å². The fourth-order valence-corrected chi connectivity index (χ4v) is 4.01. The predicted molar refractivity (Wildman–Crippen MR) is 157 cm³/mol. The SMILES string of the molecule is O=C(CCCCCCC(=O)N/N=C(\c1ccccc1)c1ccccn1)N/N=C(\c1ccccc1)c1ccccn1. The highest BCUT2D eigenvalue weighted by molar-refractivity contribution is 6.12. The molecular formula is C32H32N6O2. The van der Waals surface area contributed by atoms with Crippen molar-refractivity contribution in [3.05, 3.63) is 132 Å². The number of aromatic nitrogens is 2. The van der Waals surface area contributed by atoms with Gasteiger partial charge in [0.2, 0.25) is 11.8 Å². The second-order valence-corrected chi connectivity index (χ2v) is 9.07. The molecule has 2 aromatic carbocycles. The van der Waals surface area contributed by atoms with E-state index in [1.54, 1.807) is 12.4 Å². The van der Waals surface area contributed by atoms with Crippen LogP contribution in [0.3, 0.4) is 0 Å². The van der Waals surface area contributed by atoms with Crippen LogP contribution in [0.25, 0.3) is 0 Å². The van der Waals surface area contributed by atoms with Crippen LogP contribution in [0.2, 0.25) is 0 Å². The lowest BCUT2D eigenvalue weighted by Crippen LogP contribution is -2.21. The van der Waals surface area contributed by atoms with Gasteiger partial charge in [-0.3, -0.25) is 19.6 Å². The standard InChI is InChI=1S/C32H32N6O2/c39-29(35-37-31(25-15-5-3-6-16-25)27-19-11-13-23-33-27)21-9-1-2-10-22-30(40)36-38-32(26-17-7-4-8-18-26)28-20-12-14-24-34-28/h3-8,11-20,23-24H,1-2,9-10,21-22H2,(H,35,39)(H,36,40)/b37-31+,38-32+. The van der Waals surface area contributed by atoms with Gasteiger partial charge in [-0.25, -0.2) is 10.9 Å². The first-order valence-electron chi connectivity index (χ1n) is 13.4. The van der Waals surface area contributed by atoms with Crippen LogP contribution in [-0.2, 0) is 9.59 Å². The van der Waals surface area contributed by atoms with Crippen molar-refractivity contribution < 1.29 is 9.59 Å². The summed E-state index contributed by atoms with van der Waals surface area (Å²) in [6.07, 6.45) is 7.21. The van der Waals surface area contributed by atoms with E-state index in [2.05, 4.69) is 31.0 Å². The number of carbonyl (C=O) groups excluding carboxylic acids is 2. The number of pyridine rings is 2. The zero-order valence-electron chi connectivity index (χ0n) is 22.2. The van der Waals surface area contributed by atoms with Crippen molar-refractivity contribution in [3.63, 3.8) is 0 Å². The van der Waals surface area contributed by atoms with Crippen molar-refractivity contribution in [2.45, 2.75) is 38.5 Å². The quantitative estimate of drug-likeness (QED) is 0.139. The number of benzene rings is 2. The minimum atomic E-state index is -0.153. The molecule has 2 amide bonds. The lowest BCUT2D eigenvalue weighted by Gasteiger charge is -2.08. The Labute approximate surface area is 234 Å². The van der Waals surface area contributed by atoms with Crippen LogP contribution in [0.5, 0.6) is 0 Å². The van der Waals surface area contributed by atoms with Crippen molar-refractivity contribution >= 4 is 23.2 Å².